The third-order valence-electron chi connectivity index (χ3n) is 3.44. The van der Waals surface area contributed by atoms with Crippen LogP contribution in [0, 0.1) is 0 Å². The van der Waals surface area contributed by atoms with Crippen molar-refractivity contribution in [3.8, 4) is 0 Å². The molecule has 1 nitrogen and oxygen atoms in total. The van der Waals surface area contributed by atoms with E-state index in [2.05, 4.69) is 12.1 Å². The zero-order valence-corrected chi connectivity index (χ0v) is 13.6. The van der Waals surface area contributed by atoms with E-state index >= 15 is 0 Å². The van der Waals surface area contributed by atoms with Crippen LogP contribution in [-0.2, 0) is 0 Å². The number of rotatable bonds is 6. The van der Waals surface area contributed by atoms with Crippen LogP contribution in [0.4, 0.5) is 0 Å². The summed E-state index contributed by atoms with van der Waals surface area (Å²) in [5, 5.41) is 0. The summed E-state index contributed by atoms with van der Waals surface area (Å²) in [7, 11) is 0. The predicted octanol–water partition coefficient (Wildman–Crippen LogP) is 5.12. The lowest BCUT2D eigenvalue weighted by atomic mass is 9.89. The minimum absolute atomic E-state index is 0.152. The van der Waals surface area contributed by atoms with Crippen molar-refractivity contribution < 1.29 is 4.79 Å². The summed E-state index contributed by atoms with van der Waals surface area (Å²) < 4.78 is 0.949. The lowest BCUT2D eigenvalue weighted by Crippen LogP contribution is -2.10. The summed E-state index contributed by atoms with van der Waals surface area (Å²) in [5.74, 6) is 0.326. The molecule has 0 amide bonds. The fraction of sp³-hybridized carbons (Fsp3) is 0.222. The molecule has 0 aromatic heterocycles. The van der Waals surface area contributed by atoms with Gasteiger partial charge in [-0.3, -0.25) is 4.79 Å². The number of Topliss-reactive ketones (excluding diaryl/α,β-unsaturated/α-hetero) is 1. The molecule has 2 rings (SSSR count). The van der Waals surface area contributed by atoms with Gasteiger partial charge in [0.1, 0.15) is 0 Å². The molecule has 21 heavy (non-hydrogen) atoms. The molecular formula is C18H18OS2. The summed E-state index contributed by atoms with van der Waals surface area (Å²) in [5.41, 5.74) is 1.95. The molecule has 0 aliphatic rings. The molecule has 0 spiro atoms. The van der Waals surface area contributed by atoms with Gasteiger partial charge in [0.25, 0.3) is 0 Å². The molecule has 1 unspecified atom stereocenters. The number of hydrogen-bond donors (Lipinski definition) is 0. The Morgan fingerprint density at radius 2 is 1.57 bits per heavy atom. The Morgan fingerprint density at radius 1 is 1.00 bits per heavy atom. The second-order valence-electron chi connectivity index (χ2n) is 4.88. The summed E-state index contributed by atoms with van der Waals surface area (Å²) in [6.45, 7) is 0. The fourth-order valence-electron chi connectivity index (χ4n) is 2.28. The van der Waals surface area contributed by atoms with Gasteiger partial charge >= 0.3 is 0 Å². The molecule has 0 fully saturated rings. The monoisotopic (exact) mass is 314 g/mol. The Labute approximate surface area is 135 Å². The third kappa shape index (κ3) is 4.80. The van der Waals surface area contributed by atoms with Crippen LogP contribution in [0.15, 0.2) is 60.7 Å². The molecule has 108 valence electrons. The van der Waals surface area contributed by atoms with Gasteiger partial charge in [0, 0.05) is 16.2 Å². The highest BCUT2D eigenvalue weighted by molar-refractivity contribution is 8.22. The number of carbonyl (C=O) groups excluding carboxylic acids is 1. The average Bonchev–Trinajstić information content (AvgIpc) is 2.55. The number of thioether (sulfide) groups is 1. The van der Waals surface area contributed by atoms with Gasteiger partial charge in [0.05, 0.1) is 0 Å². The molecule has 0 aliphatic carbocycles. The van der Waals surface area contributed by atoms with Crippen LogP contribution in [0.3, 0.4) is 0 Å². The first kappa shape index (κ1) is 15.9. The summed E-state index contributed by atoms with van der Waals surface area (Å²) in [6.07, 6.45) is 3.25. The van der Waals surface area contributed by atoms with Crippen molar-refractivity contribution in [1.29, 1.82) is 0 Å². The van der Waals surface area contributed by atoms with E-state index in [0.29, 0.717) is 6.42 Å². The molecule has 3 heteroatoms. The first-order chi connectivity index (χ1) is 10.2. The van der Waals surface area contributed by atoms with Gasteiger partial charge in [-0.1, -0.05) is 72.9 Å². The molecule has 0 saturated carbocycles. The van der Waals surface area contributed by atoms with E-state index in [4.69, 9.17) is 12.2 Å². The van der Waals surface area contributed by atoms with E-state index in [1.165, 1.54) is 5.56 Å². The Bertz CT molecular complexity index is 593. The van der Waals surface area contributed by atoms with E-state index in [1.807, 2.05) is 54.8 Å². The van der Waals surface area contributed by atoms with E-state index in [9.17, 15) is 4.79 Å². The summed E-state index contributed by atoms with van der Waals surface area (Å²) >= 11 is 6.94. The smallest absolute Gasteiger partial charge is 0.163 e. The zero-order valence-electron chi connectivity index (χ0n) is 12.0. The maximum Gasteiger partial charge on any atom is 0.163 e. The highest BCUT2D eigenvalue weighted by Gasteiger charge is 2.18. The topological polar surface area (TPSA) is 17.1 Å². The van der Waals surface area contributed by atoms with E-state index < -0.39 is 0 Å². The maximum atomic E-state index is 12.4. The first-order valence-electron chi connectivity index (χ1n) is 6.90. The van der Waals surface area contributed by atoms with Crippen LogP contribution < -0.4 is 0 Å². The fourth-order valence-corrected chi connectivity index (χ4v) is 2.85. The Morgan fingerprint density at radius 3 is 2.14 bits per heavy atom. The number of benzene rings is 2. The van der Waals surface area contributed by atoms with Gasteiger partial charge < -0.3 is 0 Å². The van der Waals surface area contributed by atoms with Crippen molar-refractivity contribution in [3.63, 3.8) is 0 Å². The molecule has 0 radical (unpaired) electrons. The zero-order chi connectivity index (χ0) is 15.1. The van der Waals surface area contributed by atoms with Gasteiger partial charge in [-0.2, -0.15) is 0 Å². The molecule has 0 N–H and O–H groups in total. The molecule has 2 aromatic rings. The standard InChI is InChI=1S/C18H18OS2/c1-21-18(20)13-16(14-8-4-2-5-9-14)12-17(19)15-10-6-3-7-11-15/h2-11,16H,12-13H2,1H3. The Kier molecular flexibility index (Phi) is 6.15. The van der Waals surface area contributed by atoms with Crippen LogP contribution in [0.25, 0.3) is 0 Å². The second-order valence-corrected chi connectivity index (χ2v) is 6.53. The molecule has 0 heterocycles. The largest absolute Gasteiger partial charge is 0.294 e. The normalized spacial score (nSPS) is 11.9. The molecule has 0 saturated heterocycles. The minimum Gasteiger partial charge on any atom is -0.294 e. The summed E-state index contributed by atoms with van der Waals surface area (Å²) in [4.78, 5) is 12.4. The highest BCUT2D eigenvalue weighted by atomic mass is 32.2. The molecule has 2 aromatic carbocycles. The third-order valence-corrected chi connectivity index (χ3v) is 4.73. The lowest BCUT2D eigenvalue weighted by molar-refractivity contribution is 0.0974. The minimum atomic E-state index is 0.152. The number of hydrogen-bond acceptors (Lipinski definition) is 3. The van der Waals surface area contributed by atoms with Gasteiger partial charge in [-0.05, 0) is 24.2 Å². The van der Waals surface area contributed by atoms with Crippen molar-refractivity contribution in [2.24, 2.45) is 0 Å². The maximum absolute atomic E-state index is 12.4. The predicted molar refractivity (Wildman–Crippen MR) is 95.3 cm³/mol. The Hall–Kier alpha value is -1.45. The first-order valence-corrected chi connectivity index (χ1v) is 8.54. The van der Waals surface area contributed by atoms with Crippen LogP contribution in [0.2, 0.25) is 0 Å². The average molecular weight is 314 g/mol. The molecule has 0 bridgehead atoms. The van der Waals surface area contributed by atoms with Crippen LogP contribution >= 0.6 is 24.0 Å². The highest BCUT2D eigenvalue weighted by Crippen LogP contribution is 2.27. The van der Waals surface area contributed by atoms with Crippen LogP contribution in [0.1, 0.15) is 34.7 Å². The van der Waals surface area contributed by atoms with Gasteiger partial charge in [-0.25, -0.2) is 0 Å². The van der Waals surface area contributed by atoms with Crippen LogP contribution in [0.5, 0.6) is 0 Å². The second kappa shape index (κ2) is 8.11. The van der Waals surface area contributed by atoms with Crippen molar-refractivity contribution in [2.45, 2.75) is 18.8 Å². The van der Waals surface area contributed by atoms with Crippen molar-refractivity contribution in [2.75, 3.05) is 6.26 Å². The van der Waals surface area contributed by atoms with Crippen LogP contribution in [-0.4, -0.2) is 16.2 Å². The SMILES string of the molecule is CSC(=S)CC(CC(=O)c1ccccc1)c1ccccc1. The lowest BCUT2D eigenvalue weighted by Gasteiger charge is -2.16. The quantitative estimate of drug-likeness (QED) is 0.544. The van der Waals surface area contributed by atoms with E-state index in [0.717, 1.165) is 16.2 Å². The molecule has 1 atom stereocenters. The van der Waals surface area contributed by atoms with E-state index in [-0.39, 0.29) is 11.7 Å². The number of thiocarbonyl (C=S) groups is 1. The van der Waals surface area contributed by atoms with Gasteiger partial charge in [0.2, 0.25) is 0 Å². The van der Waals surface area contributed by atoms with Crippen molar-refractivity contribution in [1.82, 2.24) is 0 Å². The summed E-state index contributed by atoms with van der Waals surface area (Å²) in [6, 6.07) is 19.6. The Balaban J connectivity index is 2.16. The van der Waals surface area contributed by atoms with Gasteiger partial charge in [-0.15, -0.1) is 11.8 Å². The van der Waals surface area contributed by atoms with Crippen molar-refractivity contribution >= 4 is 34.0 Å². The van der Waals surface area contributed by atoms with Gasteiger partial charge in [0.15, 0.2) is 5.78 Å². The number of carbonyl (C=O) groups is 1. The van der Waals surface area contributed by atoms with Crippen molar-refractivity contribution in [3.05, 3.63) is 71.8 Å². The molecule has 0 aliphatic heterocycles. The number of ketones is 1. The molecular weight excluding hydrogens is 296 g/mol. The van der Waals surface area contributed by atoms with E-state index in [1.54, 1.807) is 11.8 Å².